The Labute approximate surface area is 181 Å². The molecule has 0 saturated carbocycles. The summed E-state index contributed by atoms with van der Waals surface area (Å²) in [5, 5.41) is 12.6. The number of nitrogens with one attached hydrogen (secondary N) is 1. The molecule has 2 aliphatic heterocycles. The summed E-state index contributed by atoms with van der Waals surface area (Å²) in [5.74, 6) is 3.24. The summed E-state index contributed by atoms with van der Waals surface area (Å²) in [5.41, 5.74) is 1.76. The van der Waals surface area contributed by atoms with Gasteiger partial charge in [-0.2, -0.15) is 0 Å². The molecule has 31 heavy (non-hydrogen) atoms. The van der Waals surface area contributed by atoms with Crippen LogP contribution in [0.1, 0.15) is 36.0 Å². The number of methoxy groups -OCH3 is 2. The van der Waals surface area contributed by atoms with Crippen LogP contribution in [0.3, 0.4) is 0 Å². The van der Waals surface area contributed by atoms with Crippen molar-refractivity contribution in [1.82, 2.24) is 25.1 Å². The van der Waals surface area contributed by atoms with E-state index in [9.17, 15) is 0 Å². The zero-order valence-electron chi connectivity index (χ0n) is 17.9. The van der Waals surface area contributed by atoms with Crippen LogP contribution in [-0.4, -0.2) is 52.7 Å². The zero-order chi connectivity index (χ0) is 21.3. The van der Waals surface area contributed by atoms with Gasteiger partial charge in [-0.25, -0.2) is 4.98 Å². The van der Waals surface area contributed by atoms with Crippen molar-refractivity contribution in [2.45, 2.75) is 37.4 Å². The van der Waals surface area contributed by atoms with E-state index >= 15 is 0 Å². The van der Waals surface area contributed by atoms with Gasteiger partial charge in [-0.1, -0.05) is 18.2 Å². The first kappa shape index (κ1) is 20.0. The molecular weight excluding hydrogens is 394 g/mol. The van der Waals surface area contributed by atoms with E-state index in [4.69, 9.17) is 14.2 Å². The zero-order valence-corrected chi connectivity index (χ0v) is 17.9. The normalized spacial score (nSPS) is 19.6. The first-order chi connectivity index (χ1) is 15.2. The van der Waals surface area contributed by atoms with Crippen molar-refractivity contribution in [3.63, 3.8) is 0 Å². The van der Waals surface area contributed by atoms with E-state index in [2.05, 4.69) is 43.3 Å². The maximum absolute atomic E-state index is 6.74. The van der Waals surface area contributed by atoms with Crippen LogP contribution in [0.2, 0.25) is 0 Å². The van der Waals surface area contributed by atoms with Crippen LogP contribution in [-0.2, 0) is 17.8 Å². The molecule has 0 aliphatic carbocycles. The van der Waals surface area contributed by atoms with E-state index in [1.165, 1.54) is 5.56 Å². The molecule has 0 radical (unpaired) electrons. The molecule has 1 atom stereocenters. The summed E-state index contributed by atoms with van der Waals surface area (Å²) in [6, 6.07) is 12.1. The predicted molar refractivity (Wildman–Crippen MR) is 115 cm³/mol. The molecule has 1 spiro atoms. The number of rotatable bonds is 5. The number of aromatic nitrogens is 4. The van der Waals surface area contributed by atoms with Gasteiger partial charge in [-0.05, 0) is 37.2 Å². The SMILES string of the molecule is COCc1nnc(C2Cc3ccccc3OC23CCNCC3)n1-c1ccc(OC)nc1. The molecule has 8 nitrogen and oxygen atoms in total. The van der Waals surface area contributed by atoms with Gasteiger partial charge in [0.15, 0.2) is 5.82 Å². The third-order valence-corrected chi connectivity index (χ3v) is 6.32. The van der Waals surface area contributed by atoms with Crippen molar-refractivity contribution in [1.29, 1.82) is 0 Å². The molecule has 8 heteroatoms. The lowest BCUT2D eigenvalue weighted by Gasteiger charge is -2.46. The third kappa shape index (κ3) is 3.55. The van der Waals surface area contributed by atoms with Crippen LogP contribution in [0.25, 0.3) is 5.69 Å². The summed E-state index contributed by atoms with van der Waals surface area (Å²) < 4.78 is 19.5. The molecule has 4 heterocycles. The van der Waals surface area contributed by atoms with Gasteiger partial charge < -0.3 is 19.5 Å². The largest absolute Gasteiger partial charge is 0.486 e. The third-order valence-electron chi connectivity index (χ3n) is 6.32. The van der Waals surface area contributed by atoms with Crippen LogP contribution in [0.5, 0.6) is 11.6 Å². The van der Waals surface area contributed by atoms with Crippen LogP contribution < -0.4 is 14.8 Å². The van der Waals surface area contributed by atoms with Crippen molar-refractivity contribution in [2.24, 2.45) is 0 Å². The Balaban J connectivity index is 1.63. The monoisotopic (exact) mass is 421 g/mol. The Morgan fingerprint density at radius 1 is 1.13 bits per heavy atom. The van der Waals surface area contributed by atoms with Crippen LogP contribution in [0.4, 0.5) is 0 Å². The first-order valence-electron chi connectivity index (χ1n) is 10.7. The van der Waals surface area contributed by atoms with E-state index in [0.717, 1.165) is 55.4 Å². The average molecular weight is 422 g/mol. The molecule has 3 aromatic rings. The maximum atomic E-state index is 6.74. The van der Waals surface area contributed by atoms with Crippen LogP contribution in [0.15, 0.2) is 42.6 Å². The maximum Gasteiger partial charge on any atom is 0.213 e. The first-order valence-corrected chi connectivity index (χ1v) is 10.7. The Morgan fingerprint density at radius 3 is 2.71 bits per heavy atom. The number of benzene rings is 1. The molecule has 1 aromatic carbocycles. The summed E-state index contributed by atoms with van der Waals surface area (Å²) in [7, 11) is 3.28. The van der Waals surface area contributed by atoms with Crippen LogP contribution in [0, 0.1) is 0 Å². The van der Waals surface area contributed by atoms with Gasteiger partial charge in [-0.3, -0.25) is 4.57 Å². The highest BCUT2D eigenvalue weighted by atomic mass is 16.5. The van der Waals surface area contributed by atoms with E-state index < -0.39 is 0 Å². The van der Waals surface area contributed by atoms with E-state index in [1.807, 2.05) is 18.2 Å². The number of nitrogens with zero attached hydrogens (tertiary/aromatic N) is 4. The fourth-order valence-electron chi connectivity index (χ4n) is 4.78. The second kappa shape index (κ2) is 8.28. The van der Waals surface area contributed by atoms with E-state index in [1.54, 1.807) is 20.4 Å². The van der Waals surface area contributed by atoms with Gasteiger partial charge in [0.05, 0.1) is 24.9 Å². The van der Waals surface area contributed by atoms with E-state index in [0.29, 0.717) is 12.5 Å². The number of piperidine rings is 1. The lowest BCUT2D eigenvalue weighted by Crippen LogP contribution is -2.53. The molecule has 1 N–H and O–H groups in total. The van der Waals surface area contributed by atoms with Crippen molar-refractivity contribution in [3.8, 4) is 17.3 Å². The molecular formula is C23H27N5O3. The highest BCUT2D eigenvalue weighted by molar-refractivity contribution is 5.41. The molecule has 1 unspecified atom stereocenters. The summed E-state index contributed by atoms with van der Waals surface area (Å²) in [4.78, 5) is 4.40. The second-order valence-electron chi connectivity index (χ2n) is 8.08. The number of pyridine rings is 1. The number of fused-ring (bicyclic) bond motifs is 1. The van der Waals surface area contributed by atoms with Gasteiger partial charge in [-0.15, -0.1) is 10.2 Å². The molecule has 0 amide bonds. The van der Waals surface area contributed by atoms with Gasteiger partial charge >= 0.3 is 0 Å². The van der Waals surface area contributed by atoms with Gasteiger partial charge in [0.2, 0.25) is 5.88 Å². The van der Waals surface area contributed by atoms with Crippen molar-refractivity contribution < 1.29 is 14.2 Å². The van der Waals surface area contributed by atoms with Crippen LogP contribution >= 0.6 is 0 Å². The number of ether oxygens (including phenoxy) is 3. The van der Waals surface area contributed by atoms with Crippen molar-refractivity contribution in [3.05, 3.63) is 59.8 Å². The molecule has 1 fully saturated rings. The minimum Gasteiger partial charge on any atom is -0.486 e. The summed E-state index contributed by atoms with van der Waals surface area (Å²) >= 11 is 0. The molecule has 0 bridgehead atoms. The topological polar surface area (TPSA) is 83.3 Å². The number of hydrogen-bond donors (Lipinski definition) is 1. The lowest BCUT2D eigenvalue weighted by molar-refractivity contribution is -0.00606. The number of para-hydroxylation sites is 1. The second-order valence-corrected chi connectivity index (χ2v) is 8.08. The van der Waals surface area contributed by atoms with Gasteiger partial charge in [0.1, 0.15) is 23.8 Å². The Bertz CT molecular complexity index is 1040. The Kier molecular flexibility index (Phi) is 5.33. The minimum atomic E-state index is -0.325. The smallest absolute Gasteiger partial charge is 0.213 e. The minimum absolute atomic E-state index is 0.0599. The lowest BCUT2D eigenvalue weighted by atomic mass is 9.74. The molecule has 5 rings (SSSR count). The van der Waals surface area contributed by atoms with E-state index in [-0.39, 0.29) is 11.5 Å². The molecule has 2 aromatic heterocycles. The fourth-order valence-corrected chi connectivity index (χ4v) is 4.78. The van der Waals surface area contributed by atoms with Crippen molar-refractivity contribution in [2.75, 3.05) is 27.3 Å². The highest BCUT2D eigenvalue weighted by Crippen LogP contribution is 2.46. The Hall–Kier alpha value is -2.97. The quantitative estimate of drug-likeness (QED) is 0.678. The summed E-state index contributed by atoms with van der Waals surface area (Å²) in [6.45, 7) is 2.20. The predicted octanol–water partition coefficient (Wildman–Crippen LogP) is 2.66. The highest BCUT2D eigenvalue weighted by Gasteiger charge is 2.48. The molecule has 2 aliphatic rings. The molecule has 162 valence electrons. The summed E-state index contributed by atoms with van der Waals surface area (Å²) in [6.07, 6.45) is 4.47. The standard InChI is InChI=1S/C23H27N5O3/c1-29-15-20-26-27-22(28(20)17-7-8-21(30-2)25-14-17)18-13-16-5-3-4-6-19(16)31-23(18)9-11-24-12-10-23/h3-8,14,18,24H,9-13,15H2,1-2H3. The average Bonchev–Trinajstić information content (AvgIpc) is 3.22. The van der Waals surface area contributed by atoms with Gasteiger partial charge in [0, 0.05) is 26.0 Å². The van der Waals surface area contributed by atoms with Crippen molar-refractivity contribution >= 4 is 0 Å². The number of hydrogen-bond acceptors (Lipinski definition) is 7. The fraction of sp³-hybridized carbons (Fsp3) is 0.435. The van der Waals surface area contributed by atoms with Gasteiger partial charge in [0.25, 0.3) is 0 Å². The molecule has 1 saturated heterocycles. The Morgan fingerprint density at radius 2 is 1.97 bits per heavy atom.